The third-order valence-corrected chi connectivity index (χ3v) is 7.71. The number of aliphatic imine (C=N–C) groups is 2. The number of rotatable bonds is 4. The van der Waals surface area contributed by atoms with Crippen LogP contribution < -0.4 is 11.2 Å². The van der Waals surface area contributed by atoms with Crippen molar-refractivity contribution in [3.8, 4) is 0 Å². The van der Waals surface area contributed by atoms with Crippen molar-refractivity contribution in [1.29, 1.82) is 0 Å². The summed E-state index contributed by atoms with van der Waals surface area (Å²) in [6, 6.07) is 18.0. The molecule has 1 atom stereocenters. The van der Waals surface area contributed by atoms with Crippen molar-refractivity contribution in [3.63, 3.8) is 0 Å². The maximum absolute atomic E-state index is 13.0. The van der Waals surface area contributed by atoms with Gasteiger partial charge in [-0.1, -0.05) is 30.3 Å². The number of hydrogen-bond acceptors (Lipinski definition) is 5. The average Bonchev–Trinajstić information content (AvgIpc) is 3.61. The molecule has 37 heavy (non-hydrogen) atoms. The summed E-state index contributed by atoms with van der Waals surface area (Å²) in [6.45, 7) is 0. The first-order chi connectivity index (χ1) is 18.1. The summed E-state index contributed by atoms with van der Waals surface area (Å²) in [4.78, 5) is 33.6. The minimum atomic E-state index is -0.0642. The van der Waals surface area contributed by atoms with Crippen LogP contribution in [0.15, 0.2) is 88.4 Å². The summed E-state index contributed by atoms with van der Waals surface area (Å²) in [6.07, 6.45) is 8.71. The molecule has 1 saturated carbocycles. The molecule has 1 aliphatic carbocycles. The average molecular weight is 492 g/mol. The lowest BCUT2D eigenvalue weighted by atomic mass is 9.79. The van der Waals surface area contributed by atoms with E-state index in [1.165, 1.54) is 0 Å². The molecule has 7 rings (SSSR count). The first-order valence-electron chi connectivity index (χ1n) is 12.6. The number of carbonyl (C=O) groups excluding carboxylic acids is 1. The highest BCUT2D eigenvalue weighted by Crippen LogP contribution is 2.41. The monoisotopic (exact) mass is 491 g/mol. The second-order valence-electron chi connectivity index (χ2n) is 9.97. The van der Waals surface area contributed by atoms with Crippen molar-refractivity contribution in [2.75, 3.05) is 5.32 Å². The second kappa shape index (κ2) is 8.36. The Labute approximate surface area is 213 Å². The maximum Gasteiger partial charge on any atom is 0.281 e. The zero-order valence-corrected chi connectivity index (χ0v) is 20.2. The lowest BCUT2D eigenvalue weighted by Gasteiger charge is -2.28. The van der Waals surface area contributed by atoms with Crippen LogP contribution in [0.1, 0.15) is 31.4 Å². The van der Waals surface area contributed by atoms with Crippen LogP contribution in [0.4, 0.5) is 5.95 Å². The molecule has 2 aliphatic heterocycles. The van der Waals surface area contributed by atoms with E-state index in [4.69, 9.17) is 10.8 Å². The van der Waals surface area contributed by atoms with Gasteiger partial charge in [-0.25, -0.2) is 4.98 Å². The molecule has 0 saturated heterocycles. The summed E-state index contributed by atoms with van der Waals surface area (Å²) in [7, 11) is 0. The van der Waals surface area contributed by atoms with Gasteiger partial charge in [0.05, 0.1) is 23.4 Å². The summed E-state index contributed by atoms with van der Waals surface area (Å²) >= 11 is 0. The van der Waals surface area contributed by atoms with E-state index in [-0.39, 0.29) is 22.3 Å². The number of nitrogens with zero attached hydrogens (tertiary/aromatic N) is 4. The van der Waals surface area contributed by atoms with Gasteiger partial charge in [-0.05, 0) is 49.9 Å². The van der Waals surface area contributed by atoms with Crippen molar-refractivity contribution >= 4 is 45.8 Å². The van der Waals surface area contributed by atoms with Crippen molar-refractivity contribution in [1.82, 2.24) is 15.0 Å². The molecule has 3 aliphatic rings. The van der Waals surface area contributed by atoms with Gasteiger partial charge in [-0.2, -0.15) is 10.8 Å². The number of amidine groups is 1. The summed E-state index contributed by atoms with van der Waals surface area (Å²) in [5.74, 6) is 8.34. The predicted molar refractivity (Wildman–Crippen MR) is 144 cm³/mol. The number of H-pyrrole nitrogens is 2. The van der Waals surface area contributed by atoms with E-state index in [2.05, 4.69) is 43.5 Å². The number of aromatic nitrogens is 3. The van der Waals surface area contributed by atoms with Crippen LogP contribution in [0.5, 0.6) is 0 Å². The van der Waals surface area contributed by atoms with E-state index in [0.29, 0.717) is 5.95 Å². The van der Waals surface area contributed by atoms with Crippen molar-refractivity contribution in [2.45, 2.75) is 25.7 Å². The Morgan fingerprint density at radius 3 is 2.59 bits per heavy atom. The minimum absolute atomic E-state index is 0.00186. The Bertz CT molecular complexity index is 1600. The highest BCUT2D eigenvalue weighted by atomic mass is 16.2. The van der Waals surface area contributed by atoms with Gasteiger partial charge in [-0.3, -0.25) is 15.1 Å². The molecule has 2 aromatic carbocycles. The fourth-order valence-electron chi connectivity index (χ4n) is 5.74. The number of benzene rings is 2. The number of allylic oxidation sites excluding steroid dienone is 2. The lowest BCUT2D eigenvalue weighted by molar-refractivity contribution is -0.750. The van der Waals surface area contributed by atoms with Crippen LogP contribution in [-0.2, 0) is 4.79 Å². The Kier molecular flexibility index (Phi) is 4.95. The number of fused-ring (bicyclic) bond motifs is 3. The van der Waals surface area contributed by atoms with Crippen LogP contribution in [0.3, 0.4) is 0 Å². The molecular formula is C28H27N8O+. The molecule has 1 unspecified atom stereocenters. The summed E-state index contributed by atoms with van der Waals surface area (Å²) in [5, 5.41) is 4.09. The third-order valence-electron chi connectivity index (χ3n) is 7.71. The van der Waals surface area contributed by atoms with Crippen molar-refractivity contribution in [2.24, 2.45) is 27.7 Å². The number of nitrogens with one attached hydrogen (secondary N) is 3. The van der Waals surface area contributed by atoms with E-state index >= 15 is 0 Å². The molecular weight excluding hydrogens is 464 g/mol. The third kappa shape index (κ3) is 3.62. The number of hydrogen-bond donors (Lipinski definition) is 4. The molecule has 2 aromatic heterocycles. The highest BCUT2D eigenvalue weighted by Gasteiger charge is 2.47. The molecule has 184 valence electrons. The maximum atomic E-state index is 13.0. The first kappa shape index (κ1) is 21.9. The molecule has 1 amide bonds. The Hall–Kier alpha value is -4.34. The molecule has 4 heterocycles. The SMILES string of the molecule is N[N+]12C=CN=CC1=C(C1CCC(C(=O)Nc3nc4ccccc4[nH]3)CC1)N=C2c1cc2ccccc2[nH]1. The van der Waals surface area contributed by atoms with E-state index in [9.17, 15) is 4.79 Å². The highest BCUT2D eigenvalue weighted by molar-refractivity contribution is 6.02. The molecule has 9 nitrogen and oxygen atoms in total. The van der Waals surface area contributed by atoms with Crippen LogP contribution in [0, 0.1) is 11.8 Å². The van der Waals surface area contributed by atoms with Gasteiger partial charge in [0.1, 0.15) is 17.6 Å². The van der Waals surface area contributed by atoms with Gasteiger partial charge < -0.3 is 9.97 Å². The largest absolute Gasteiger partial charge is 0.349 e. The zero-order chi connectivity index (χ0) is 25.0. The molecule has 0 spiro atoms. The Balaban J connectivity index is 1.11. The van der Waals surface area contributed by atoms with Gasteiger partial charge in [0, 0.05) is 22.7 Å². The van der Waals surface area contributed by atoms with E-state index in [0.717, 1.165) is 70.5 Å². The van der Waals surface area contributed by atoms with E-state index < -0.39 is 0 Å². The number of imidazole rings is 1. The second-order valence-corrected chi connectivity index (χ2v) is 9.97. The number of anilines is 1. The van der Waals surface area contributed by atoms with Gasteiger partial charge in [-0.15, -0.1) is 4.59 Å². The van der Waals surface area contributed by atoms with E-state index in [1.54, 1.807) is 6.20 Å². The van der Waals surface area contributed by atoms with Crippen molar-refractivity contribution in [3.05, 3.63) is 84.1 Å². The van der Waals surface area contributed by atoms with Gasteiger partial charge in [0.25, 0.3) is 5.84 Å². The fourth-order valence-corrected chi connectivity index (χ4v) is 5.74. The quantitative estimate of drug-likeness (QED) is 0.244. The van der Waals surface area contributed by atoms with Crippen molar-refractivity contribution < 1.29 is 9.39 Å². The van der Waals surface area contributed by atoms with Gasteiger partial charge >= 0.3 is 0 Å². The topological polar surface area (TPSA) is 124 Å². The zero-order valence-electron chi connectivity index (χ0n) is 20.2. The number of aromatic amines is 2. The minimum Gasteiger partial charge on any atom is -0.349 e. The number of carbonyl (C=O) groups is 1. The number of quaternary nitrogens is 1. The van der Waals surface area contributed by atoms with Crippen LogP contribution in [0.2, 0.25) is 0 Å². The number of nitrogens with two attached hydrogens (primary N) is 1. The van der Waals surface area contributed by atoms with Crippen LogP contribution >= 0.6 is 0 Å². The smallest absolute Gasteiger partial charge is 0.281 e. The van der Waals surface area contributed by atoms with Gasteiger partial charge in [0.15, 0.2) is 0 Å². The fraction of sp³-hybridized carbons (Fsp3) is 0.214. The summed E-state index contributed by atoms with van der Waals surface area (Å²) in [5.41, 5.74) is 5.56. The standard InChI is InChI=1S/C28H26N8O/c29-36-14-13-30-16-24(36)25(34-26(36)23-15-19-5-1-2-6-20(19)31-23)17-9-11-18(12-10-17)27(37)35-28-32-21-7-3-4-8-22(21)33-28/h1-8,13-18H,9-12,29H2,(H2-,30,31,32,33,34,35,37)/p+1. The Morgan fingerprint density at radius 1 is 1.00 bits per heavy atom. The normalized spacial score (nSPS) is 25.1. The molecule has 5 N–H and O–H groups in total. The lowest BCUT2D eigenvalue weighted by Crippen LogP contribution is -2.53. The van der Waals surface area contributed by atoms with Crippen LogP contribution in [-0.4, -0.2) is 37.5 Å². The molecule has 9 heteroatoms. The number of amides is 1. The number of para-hydroxylation sites is 3. The summed E-state index contributed by atoms with van der Waals surface area (Å²) < 4.78 is -0.00186. The molecule has 0 bridgehead atoms. The molecule has 1 fully saturated rings. The predicted octanol–water partition coefficient (Wildman–Crippen LogP) is 4.71. The van der Waals surface area contributed by atoms with Gasteiger partial charge in [0.2, 0.25) is 17.6 Å². The Morgan fingerprint density at radius 2 is 1.78 bits per heavy atom. The van der Waals surface area contributed by atoms with Crippen LogP contribution in [0.25, 0.3) is 21.9 Å². The molecule has 0 radical (unpaired) electrons. The first-order valence-corrected chi connectivity index (χ1v) is 12.6. The molecule has 4 aromatic rings. The van der Waals surface area contributed by atoms with E-state index in [1.807, 2.05) is 48.8 Å².